The van der Waals surface area contributed by atoms with E-state index in [0.717, 1.165) is 17.7 Å². The maximum Gasteiger partial charge on any atom is 0.257 e. The third-order valence-electron chi connectivity index (χ3n) is 4.06. The first kappa shape index (κ1) is 16.7. The van der Waals surface area contributed by atoms with Crippen LogP contribution in [0.25, 0.3) is 0 Å². The second-order valence-corrected chi connectivity index (χ2v) is 5.87. The fraction of sp³-hybridized carbons (Fsp3) is 0.143. The van der Waals surface area contributed by atoms with Crippen LogP contribution in [-0.4, -0.2) is 10.5 Å². The summed E-state index contributed by atoms with van der Waals surface area (Å²) >= 11 is 0. The molecule has 0 radical (unpaired) electrons. The highest BCUT2D eigenvalue weighted by Crippen LogP contribution is 2.12. The Morgan fingerprint density at radius 3 is 2.32 bits per heavy atom. The summed E-state index contributed by atoms with van der Waals surface area (Å²) in [5, 5.41) is 2.87. The maximum absolute atomic E-state index is 12.5. The van der Waals surface area contributed by atoms with Gasteiger partial charge >= 0.3 is 0 Å². The van der Waals surface area contributed by atoms with Gasteiger partial charge in [-0.3, -0.25) is 9.59 Å². The second kappa shape index (κ2) is 7.62. The number of nitrogens with zero attached hydrogens (tertiary/aromatic N) is 1. The van der Waals surface area contributed by atoms with Gasteiger partial charge in [-0.2, -0.15) is 0 Å². The Kier molecular flexibility index (Phi) is 5.09. The number of carbonyl (C=O) groups excluding carboxylic acids is 1. The van der Waals surface area contributed by atoms with Crippen LogP contribution < -0.4 is 10.9 Å². The molecular formula is C21H20N2O2. The van der Waals surface area contributed by atoms with E-state index in [0.29, 0.717) is 12.1 Å². The zero-order valence-electron chi connectivity index (χ0n) is 14.1. The van der Waals surface area contributed by atoms with E-state index >= 15 is 0 Å². The number of rotatable bonds is 5. The topological polar surface area (TPSA) is 51.1 Å². The summed E-state index contributed by atoms with van der Waals surface area (Å²) in [5.74, 6) is -0.230. The number of nitrogens with one attached hydrogen (secondary N) is 1. The molecule has 0 fully saturated rings. The quantitative estimate of drug-likeness (QED) is 0.774. The van der Waals surface area contributed by atoms with Gasteiger partial charge in [0.1, 0.15) is 0 Å². The Morgan fingerprint density at radius 1 is 0.920 bits per heavy atom. The Balaban J connectivity index is 1.78. The van der Waals surface area contributed by atoms with Gasteiger partial charge in [0.05, 0.1) is 12.1 Å². The molecule has 4 heteroatoms. The first-order valence-electron chi connectivity index (χ1n) is 8.30. The molecule has 0 aliphatic heterocycles. The van der Waals surface area contributed by atoms with Gasteiger partial charge in [-0.1, -0.05) is 49.4 Å². The Labute approximate surface area is 146 Å². The van der Waals surface area contributed by atoms with Gasteiger partial charge < -0.3 is 9.88 Å². The number of aromatic nitrogens is 1. The van der Waals surface area contributed by atoms with Crippen LogP contribution in [0.15, 0.2) is 77.7 Å². The molecule has 0 unspecified atom stereocenters. The van der Waals surface area contributed by atoms with E-state index < -0.39 is 0 Å². The van der Waals surface area contributed by atoms with Crippen molar-refractivity contribution in [2.75, 3.05) is 5.32 Å². The van der Waals surface area contributed by atoms with Gasteiger partial charge in [0.15, 0.2) is 0 Å². The molecule has 25 heavy (non-hydrogen) atoms. The summed E-state index contributed by atoms with van der Waals surface area (Å²) < 4.78 is 1.55. The van der Waals surface area contributed by atoms with Crippen LogP contribution in [0.2, 0.25) is 0 Å². The van der Waals surface area contributed by atoms with Crippen LogP contribution in [0.5, 0.6) is 0 Å². The highest BCUT2D eigenvalue weighted by atomic mass is 16.2. The predicted octanol–water partition coefficient (Wildman–Crippen LogP) is 3.71. The number of benzene rings is 2. The lowest BCUT2D eigenvalue weighted by Gasteiger charge is -2.09. The Bertz CT molecular complexity index is 913. The molecule has 0 aliphatic rings. The zero-order chi connectivity index (χ0) is 17.6. The SMILES string of the molecule is CCc1ccc(NC(=O)c2ccc(=O)n(Cc3ccccc3)c2)cc1. The number of amides is 1. The van der Waals surface area contributed by atoms with Gasteiger partial charge in [-0.15, -0.1) is 0 Å². The molecule has 1 N–H and O–H groups in total. The normalized spacial score (nSPS) is 10.4. The van der Waals surface area contributed by atoms with Gasteiger partial charge in [-0.25, -0.2) is 0 Å². The van der Waals surface area contributed by atoms with E-state index in [-0.39, 0.29) is 11.5 Å². The van der Waals surface area contributed by atoms with Gasteiger partial charge in [-0.05, 0) is 35.7 Å². The monoisotopic (exact) mass is 332 g/mol. The molecule has 126 valence electrons. The van der Waals surface area contributed by atoms with E-state index in [1.54, 1.807) is 16.8 Å². The van der Waals surface area contributed by atoms with Crippen molar-refractivity contribution in [3.63, 3.8) is 0 Å². The summed E-state index contributed by atoms with van der Waals surface area (Å²) in [5.41, 5.74) is 3.29. The minimum atomic E-state index is -0.230. The number of hydrogen-bond donors (Lipinski definition) is 1. The molecule has 4 nitrogen and oxygen atoms in total. The van der Waals surface area contributed by atoms with Crippen LogP contribution >= 0.6 is 0 Å². The van der Waals surface area contributed by atoms with Gasteiger partial charge in [0, 0.05) is 18.0 Å². The van der Waals surface area contributed by atoms with E-state index in [9.17, 15) is 9.59 Å². The third-order valence-corrected chi connectivity index (χ3v) is 4.06. The lowest BCUT2D eigenvalue weighted by molar-refractivity contribution is 0.102. The molecule has 1 amide bonds. The van der Waals surface area contributed by atoms with Crippen molar-refractivity contribution >= 4 is 11.6 Å². The molecule has 0 bridgehead atoms. The first-order valence-corrected chi connectivity index (χ1v) is 8.30. The van der Waals surface area contributed by atoms with E-state index in [2.05, 4.69) is 12.2 Å². The number of anilines is 1. The van der Waals surface area contributed by atoms with Crippen molar-refractivity contribution in [3.8, 4) is 0 Å². The number of pyridine rings is 1. The molecule has 3 aromatic rings. The second-order valence-electron chi connectivity index (χ2n) is 5.87. The summed E-state index contributed by atoms with van der Waals surface area (Å²) in [7, 11) is 0. The molecule has 1 heterocycles. The molecule has 1 aromatic heterocycles. The standard InChI is InChI=1S/C21H20N2O2/c1-2-16-8-11-19(12-9-16)22-21(25)18-10-13-20(24)23(15-18)14-17-6-4-3-5-7-17/h3-13,15H,2,14H2,1H3,(H,22,25). The maximum atomic E-state index is 12.5. The smallest absolute Gasteiger partial charge is 0.257 e. The van der Waals surface area contributed by atoms with Crippen molar-refractivity contribution in [1.29, 1.82) is 0 Å². The largest absolute Gasteiger partial charge is 0.322 e. The van der Waals surface area contributed by atoms with Crippen molar-refractivity contribution in [1.82, 2.24) is 4.57 Å². The van der Waals surface area contributed by atoms with E-state index in [1.165, 1.54) is 11.6 Å². The molecule has 0 spiro atoms. The molecule has 0 saturated heterocycles. The zero-order valence-corrected chi connectivity index (χ0v) is 14.1. The van der Waals surface area contributed by atoms with E-state index in [1.807, 2.05) is 54.6 Å². The van der Waals surface area contributed by atoms with Crippen LogP contribution in [0, 0.1) is 0 Å². The fourth-order valence-corrected chi connectivity index (χ4v) is 2.60. The van der Waals surface area contributed by atoms with Crippen molar-refractivity contribution < 1.29 is 4.79 Å². The molecule has 2 aromatic carbocycles. The minimum Gasteiger partial charge on any atom is -0.322 e. The summed E-state index contributed by atoms with van der Waals surface area (Å²) in [6.45, 7) is 2.52. The van der Waals surface area contributed by atoms with Crippen molar-refractivity contribution in [3.05, 3.63) is 100.0 Å². The highest BCUT2D eigenvalue weighted by Gasteiger charge is 2.08. The predicted molar refractivity (Wildman–Crippen MR) is 100 cm³/mol. The van der Waals surface area contributed by atoms with Crippen molar-refractivity contribution in [2.45, 2.75) is 19.9 Å². The Hall–Kier alpha value is -3.14. The Morgan fingerprint density at radius 2 is 1.64 bits per heavy atom. The van der Waals surface area contributed by atoms with Crippen LogP contribution in [0.1, 0.15) is 28.4 Å². The number of aryl methyl sites for hydroxylation is 1. The van der Waals surface area contributed by atoms with Crippen LogP contribution in [-0.2, 0) is 13.0 Å². The minimum absolute atomic E-state index is 0.132. The molecule has 0 atom stereocenters. The first-order chi connectivity index (χ1) is 12.2. The van der Waals surface area contributed by atoms with Crippen LogP contribution in [0.4, 0.5) is 5.69 Å². The average Bonchev–Trinajstić information content (AvgIpc) is 2.65. The lowest BCUT2D eigenvalue weighted by Crippen LogP contribution is -2.22. The fourth-order valence-electron chi connectivity index (χ4n) is 2.60. The van der Waals surface area contributed by atoms with Crippen molar-refractivity contribution in [2.24, 2.45) is 0 Å². The molecule has 3 rings (SSSR count). The van der Waals surface area contributed by atoms with Gasteiger partial charge in [0.25, 0.3) is 11.5 Å². The lowest BCUT2D eigenvalue weighted by atomic mass is 10.1. The summed E-state index contributed by atoms with van der Waals surface area (Å²) in [6.07, 6.45) is 2.56. The third kappa shape index (κ3) is 4.23. The summed E-state index contributed by atoms with van der Waals surface area (Å²) in [6, 6.07) is 20.4. The molecule has 0 aliphatic carbocycles. The number of hydrogen-bond acceptors (Lipinski definition) is 2. The average molecular weight is 332 g/mol. The molecule has 0 saturated carbocycles. The van der Waals surface area contributed by atoms with E-state index in [4.69, 9.17) is 0 Å². The highest BCUT2D eigenvalue weighted by molar-refractivity contribution is 6.04. The molecular weight excluding hydrogens is 312 g/mol. The summed E-state index contributed by atoms with van der Waals surface area (Å²) in [4.78, 5) is 24.5. The van der Waals surface area contributed by atoms with Gasteiger partial charge in [0.2, 0.25) is 0 Å². The van der Waals surface area contributed by atoms with Crippen LogP contribution in [0.3, 0.4) is 0 Å². The number of carbonyl (C=O) groups is 1.